The molecule has 2 aliphatic heterocycles. The van der Waals surface area contributed by atoms with Gasteiger partial charge in [-0.3, -0.25) is 4.79 Å². The van der Waals surface area contributed by atoms with Gasteiger partial charge < -0.3 is 4.90 Å². The van der Waals surface area contributed by atoms with E-state index >= 15 is 0 Å². The van der Waals surface area contributed by atoms with Crippen LogP contribution in [0.4, 0.5) is 0 Å². The highest BCUT2D eigenvalue weighted by atomic mass is 32.2. The standard InChI is InChI=1S/C17H28N4O5S4/c1-3-19(4-2)30(25,26)21-8-6-18(7-9-21)17(22)16-15(5-12-28-16)29(23,24)20-10-13-27-14-11-20/h5,12H,3-4,6-11,13-14H2,1-2H3. The lowest BCUT2D eigenvalue weighted by molar-refractivity contribution is 0.0695. The smallest absolute Gasteiger partial charge is 0.282 e. The monoisotopic (exact) mass is 496 g/mol. The van der Waals surface area contributed by atoms with Crippen molar-refractivity contribution < 1.29 is 21.6 Å². The van der Waals surface area contributed by atoms with Crippen LogP contribution in [0.1, 0.15) is 23.5 Å². The molecule has 3 rings (SSSR count). The maximum absolute atomic E-state index is 13.1. The van der Waals surface area contributed by atoms with Crippen LogP contribution in [-0.4, -0.2) is 104 Å². The number of thioether (sulfide) groups is 1. The fourth-order valence-corrected chi connectivity index (χ4v) is 9.10. The highest BCUT2D eigenvalue weighted by molar-refractivity contribution is 7.99. The van der Waals surface area contributed by atoms with Gasteiger partial charge in [-0.2, -0.15) is 33.1 Å². The number of nitrogens with zero attached hydrogens (tertiary/aromatic N) is 4. The van der Waals surface area contributed by atoms with E-state index in [0.717, 1.165) is 22.8 Å². The third-order valence-corrected chi connectivity index (χ3v) is 11.4. The molecule has 1 aromatic rings. The molecular formula is C17H28N4O5S4. The number of piperazine rings is 1. The Labute approximate surface area is 187 Å². The van der Waals surface area contributed by atoms with E-state index < -0.39 is 20.2 Å². The Morgan fingerprint density at radius 2 is 1.57 bits per heavy atom. The quantitative estimate of drug-likeness (QED) is 0.555. The van der Waals surface area contributed by atoms with E-state index in [1.807, 2.05) is 0 Å². The number of sulfonamides is 1. The van der Waals surface area contributed by atoms with Gasteiger partial charge in [-0.25, -0.2) is 8.42 Å². The molecule has 0 aromatic carbocycles. The molecule has 30 heavy (non-hydrogen) atoms. The van der Waals surface area contributed by atoms with Crippen molar-refractivity contribution in [3.63, 3.8) is 0 Å². The Bertz CT molecular complexity index is 945. The Kier molecular flexibility index (Phi) is 7.86. The van der Waals surface area contributed by atoms with Crippen LogP contribution < -0.4 is 0 Å². The van der Waals surface area contributed by atoms with Crippen LogP contribution in [0.2, 0.25) is 0 Å². The van der Waals surface area contributed by atoms with Crippen molar-refractivity contribution in [3.8, 4) is 0 Å². The van der Waals surface area contributed by atoms with Crippen LogP contribution in [0.3, 0.4) is 0 Å². The molecule has 170 valence electrons. The molecule has 1 amide bonds. The lowest BCUT2D eigenvalue weighted by atomic mass is 10.3. The van der Waals surface area contributed by atoms with Crippen LogP contribution in [0.15, 0.2) is 16.3 Å². The first-order valence-electron chi connectivity index (χ1n) is 9.93. The van der Waals surface area contributed by atoms with E-state index in [1.54, 1.807) is 35.9 Å². The molecule has 0 aliphatic carbocycles. The van der Waals surface area contributed by atoms with Gasteiger partial charge in [0.25, 0.3) is 16.1 Å². The fraction of sp³-hybridized carbons (Fsp3) is 0.706. The predicted molar refractivity (Wildman–Crippen MR) is 120 cm³/mol. The number of thiophene rings is 1. The summed E-state index contributed by atoms with van der Waals surface area (Å²) in [7, 11) is -7.26. The zero-order chi connectivity index (χ0) is 21.9. The molecule has 0 unspecified atom stereocenters. The molecule has 0 saturated carbocycles. The molecular weight excluding hydrogens is 468 g/mol. The van der Waals surface area contributed by atoms with Crippen LogP contribution in [-0.2, 0) is 20.2 Å². The first-order valence-corrected chi connectivity index (χ1v) is 14.8. The van der Waals surface area contributed by atoms with E-state index in [9.17, 15) is 21.6 Å². The van der Waals surface area contributed by atoms with Crippen molar-refractivity contribution in [3.05, 3.63) is 16.3 Å². The molecule has 0 radical (unpaired) electrons. The van der Waals surface area contributed by atoms with E-state index in [2.05, 4.69) is 0 Å². The van der Waals surface area contributed by atoms with Gasteiger partial charge in [-0.1, -0.05) is 13.8 Å². The summed E-state index contributed by atoms with van der Waals surface area (Å²) in [5, 5.41) is 1.62. The number of hydrogen-bond donors (Lipinski definition) is 0. The molecule has 0 atom stereocenters. The second-order valence-corrected chi connectivity index (χ2v) is 12.9. The Morgan fingerprint density at radius 1 is 0.967 bits per heavy atom. The first kappa shape index (κ1) is 24.0. The number of carbonyl (C=O) groups excluding carboxylic acids is 1. The van der Waals surface area contributed by atoms with Crippen LogP contribution in [0, 0.1) is 0 Å². The summed E-state index contributed by atoms with van der Waals surface area (Å²) in [5.41, 5.74) is 0. The molecule has 1 aromatic heterocycles. The molecule has 2 fully saturated rings. The minimum Gasteiger partial charge on any atom is -0.335 e. The highest BCUT2D eigenvalue weighted by Gasteiger charge is 2.36. The second-order valence-electron chi connectivity index (χ2n) is 6.91. The van der Waals surface area contributed by atoms with E-state index in [0.29, 0.717) is 26.2 Å². The molecule has 9 nitrogen and oxygen atoms in total. The number of rotatable bonds is 7. The van der Waals surface area contributed by atoms with Crippen LogP contribution in [0.5, 0.6) is 0 Å². The number of hydrogen-bond acceptors (Lipinski definition) is 7. The average molecular weight is 497 g/mol. The van der Waals surface area contributed by atoms with Gasteiger partial charge in [0.15, 0.2) is 0 Å². The van der Waals surface area contributed by atoms with Gasteiger partial charge in [0.05, 0.1) is 0 Å². The normalized spacial score (nSPS) is 20.0. The van der Waals surface area contributed by atoms with E-state index in [1.165, 1.54) is 19.0 Å². The SMILES string of the molecule is CCN(CC)S(=O)(=O)N1CCN(C(=O)c2sccc2S(=O)(=O)N2CCSCC2)CC1. The van der Waals surface area contributed by atoms with Gasteiger partial charge in [0, 0.05) is 63.9 Å². The zero-order valence-corrected chi connectivity index (χ0v) is 20.5. The minimum atomic E-state index is -3.72. The average Bonchev–Trinajstić information content (AvgIpc) is 3.25. The first-order chi connectivity index (χ1) is 14.2. The predicted octanol–water partition coefficient (Wildman–Crippen LogP) is 0.830. The lowest BCUT2D eigenvalue weighted by Gasteiger charge is -2.36. The van der Waals surface area contributed by atoms with Gasteiger partial charge in [0.1, 0.15) is 9.77 Å². The largest absolute Gasteiger partial charge is 0.335 e. The number of carbonyl (C=O) groups is 1. The van der Waals surface area contributed by atoms with Crippen LogP contribution >= 0.6 is 23.1 Å². The summed E-state index contributed by atoms with van der Waals surface area (Å²) >= 11 is 2.83. The third kappa shape index (κ3) is 4.71. The van der Waals surface area contributed by atoms with Crippen molar-refractivity contribution in [1.29, 1.82) is 0 Å². The summed E-state index contributed by atoms with van der Waals surface area (Å²) in [6.07, 6.45) is 0. The van der Waals surface area contributed by atoms with E-state index in [-0.39, 0.29) is 41.9 Å². The van der Waals surface area contributed by atoms with Gasteiger partial charge in [-0.05, 0) is 11.4 Å². The summed E-state index contributed by atoms with van der Waals surface area (Å²) in [6.45, 7) is 6.11. The molecule has 2 saturated heterocycles. The molecule has 2 aliphatic rings. The van der Waals surface area contributed by atoms with Gasteiger partial charge >= 0.3 is 0 Å². The maximum atomic E-state index is 13.1. The maximum Gasteiger partial charge on any atom is 0.282 e. The summed E-state index contributed by atoms with van der Waals surface area (Å²) in [5.74, 6) is 1.14. The lowest BCUT2D eigenvalue weighted by Crippen LogP contribution is -2.54. The molecule has 0 spiro atoms. The van der Waals surface area contributed by atoms with Crippen molar-refractivity contribution >= 4 is 49.2 Å². The third-order valence-electron chi connectivity index (χ3n) is 5.30. The number of amides is 1. The zero-order valence-electron chi connectivity index (χ0n) is 17.2. The van der Waals surface area contributed by atoms with Crippen molar-refractivity contribution in [1.82, 2.24) is 17.8 Å². The molecule has 13 heteroatoms. The second kappa shape index (κ2) is 9.84. The van der Waals surface area contributed by atoms with Crippen LogP contribution in [0.25, 0.3) is 0 Å². The van der Waals surface area contributed by atoms with Crippen molar-refractivity contribution in [2.75, 3.05) is 63.9 Å². The van der Waals surface area contributed by atoms with Crippen molar-refractivity contribution in [2.24, 2.45) is 0 Å². The van der Waals surface area contributed by atoms with Gasteiger partial charge in [-0.15, -0.1) is 11.3 Å². The molecule has 0 bridgehead atoms. The molecule has 3 heterocycles. The summed E-state index contributed by atoms with van der Waals surface area (Å²) in [6, 6.07) is 1.50. The van der Waals surface area contributed by atoms with Crippen molar-refractivity contribution in [2.45, 2.75) is 18.7 Å². The topological polar surface area (TPSA) is 98.3 Å². The molecule has 0 N–H and O–H groups in total. The Hall–Kier alpha value is -0.700. The summed E-state index contributed by atoms with van der Waals surface area (Å²) < 4.78 is 55.7. The van der Waals surface area contributed by atoms with E-state index in [4.69, 9.17) is 0 Å². The fourth-order valence-electron chi connectivity index (χ4n) is 3.56. The minimum absolute atomic E-state index is 0.0580. The highest BCUT2D eigenvalue weighted by Crippen LogP contribution is 2.28. The Morgan fingerprint density at radius 3 is 2.13 bits per heavy atom. The summed E-state index contributed by atoms with van der Waals surface area (Å²) in [4.78, 5) is 14.9. The van der Waals surface area contributed by atoms with Gasteiger partial charge in [0.2, 0.25) is 10.0 Å². The Balaban J connectivity index is 1.72.